The predicted octanol–water partition coefficient (Wildman–Crippen LogP) is 3.54. The maximum atomic E-state index is 12.9. The fourth-order valence-corrected chi connectivity index (χ4v) is 5.23. The van der Waals surface area contributed by atoms with Crippen LogP contribution in [0.1, 0.15) is 24.2 Å². The van der Waals surface area contributed by atoms with Crippen molar-refractivity contribution in [1.82, 2.24) is 0 Å². The van der Waals surface area contributed by atoms with Gasteiger partial charge in [-0.3, -0.25) is 4.72 Å². The van der Waals surface area contributed by atoms with E-state index in [1.807, 2.05) is 23.6 Å². The van der Waals surface area contributed by atoms with Crippen molar-refractivity contribution in [2.75, 3.05) is 47.4 Å². The highest BCUT2D eigenvalue weighted by Gasteiger charge is 2.22. The molecule has 0 bridgehead atoms. The molecule has 3 rings (SSSR count). The summed E-state index contributed by atoms with van der Waals surface area (Å²) in [5, 5.41) is 9.67. The van der Waals surface area contributed by atoms with E-state index in [4.69, 9.17) is 9.47 Å². The number of sulfonamides is 1. The topological polar surface area (TPSA) is 105 Å². The van der Waals surface area contributed by atoms with Gasteiger partial charge in [0.1, 0.15) is 0 Å². The number of carbonyl (C=O) groups is 1. The van der Waals surface area contributed by atoms with Gasteiger partial charge < -0.3 is 19.5 Å². The number of carboxylic acid groups (broad SMARTS) is 1. The zero-order valence-corrected chi connectivity index (χ0v) is 19.1. The highest BCUT2D eigenvalue weighted by atomic mass is 32.2. The molecular formula is C21H26N2O6S2. The third-order valence-corrected chi connectivity index (χ3v) is 6.98. The van der Waals surface area contributed by atoms with E-state index in [1.54, 1.807) is 25.1 Å². The van der Waals surface area contributed by atoms with Gasteiger partial charge >= 0.3 is 5.97 Å². The van der Waals surface area contributed by atoms with Crippen LogP contribution < -0.4 is 19.1 Å². The molecule has 0 unspecified atom stereocenters. The maximum Gasteiger partial charge on any atom is 0.337 e. The van der Waals surface area contributed by atoms with Gasteiger partial charge in [0.2, 0.25) is 0 Å². The summed E-state index contributed by atoms with van der Waals surface area (Å²) in [6, 6.07) is 8.96. The first kappa shape index (κ1) is 23.1. The van der Waals surface area contributed by atoms with Crippen LogP contribution in [0, 0.1) is 0 Å². The Morgan fingerprint density at radius 3 is 2.39 bits per heavy atom. The Bertz CT molecular complexity index is 1040. The predicted molar refractivity (Wildman–Crippen MR) is 123 cm³/mol. The first-order valence-electron chi connectivity index (χ1n) is 9.98. The van der Waals surface area contributed by atoms with E-state index in [1.165, 1.54) is 18.2 Å². The van der Waals surface area contributed by atoms with Crippen molar-refractivity contribution in [2.24, 2.45) is 0 Å². The highest BCUT2D eigenvalue weighted by Crippen LogP contribution is 2.32. The lowest BCUT2D eigenvalue weighted by molar-refractivity contribution is 0.0697. The van der Waals surface area contributed by atoms with Crippen molar-refractivity contribution in [3.63, 3.8) is 0 Å². The number of aromatic carboxylic acids is 1. The fraction of sp³-hybridized carbons (Fsp3) is 0.381. The molecule has 2 N–H and O–H groups in total. The molecule has 168 valence electrons. The first-order valence-corrected chi connectivity index (χ1v) is 12.6. The lowest BCUT2D eigenvalue weighted by atomic mass is 10.1. The third kappa shape index (κ3) is 5.56. The standard InChI is InChI=1S/C21H26N2O6S2/c1-3-28-19-8-6-16(14-20(19)29-4-2)31(26,27)22-15-5-7-18(17(13-15)21(24)25)23-9-11-30-12-10-23/h5-8,13-14,22H,3-4,9-12H2,1-2H3,(H,24,25). The molecule has 2 aromatic rings. The van der Waals surface area contributed by atoms with Crippen LogP contribution in [0.5, 0.6) is 11.5 Å². The van der Waals surface area contributed by atoms with E-state index in [-0.39, 0.29) is 16.1 Å². The summed E-state index contributed by atoms with van der Waals surface area (Å²) >= 11 is 1.82. The van der Waals surface area contributed by atoms with Gasteiger partial charge in [0, 0.05) is 36.3 Å². The molecule has 1 fully saturated rings. The molecule has 0 spiro atoms. The normalized spacial score (nSPS) is 14.2. The third-order valence-electron chi connectivity index (χ3n) is 4.66. The zero-order valence-electron chi connectivity index (χ0n) is 17.5. The van der Waals surface area contributed by atoms with Gasteiger partial charge in [0.05, 0.1) is 29.4 Å². The molecule has 0 atom stereocenters. The number of ether oxygens (including phenoxy) is 2. The second-order valence-corrected chi connectivity index (χ2v) is 9.62. The van der Waals surface area contributed by atoms with Crippen molar-refractivity contribution in [2.45, 2.75) is 18.7 Å². The maximum absolute atomic E-state index is 12.9. The van der Waals surface area contributed by atoms with Gasteiger partial charge in [0.25, 0.3) is 10.0 Å². The Morgan fingerprint density at radius 2 is 1.74 bits per heavy atom. The molecule has 0 radical (unpaired) electrons. The molecule has 2 aromatic carbocycles. The SMILES string of the molecule is CCOc1ccc(S(=O)(=O)Nc2ccc(N3CCSCC3)c(C(=O)O)c2)cc1OCC. The van der Waals surface area contributed by atoms with Gasteiger partial charge in [-0.2, -0.15) is 11.8 Å². The molecule has 1 aliphatic heterocycles. The number of hydrogen-bond donors (Lipinski definition) is 2. The second-order valence-electron chi connectivity index (χ2n) is 6.72. The van der Waals surface area contributed by atoms with E-state index in [0.29, 0.717) is 30.4 Å². The fourth-order valence-electron chi connectivity index (χ4n) is 3.26. The lowest BCUT2D eigenvalue weighted by Gasteiger charge is -2.29. The summed E-state index contributed by atoms with van der Waals surface area (Å²) in [7, 11) is -3.96. The van der Waals surface area contributed by atoms with Crippen LogP contribution in [0.4, 0.5) is 11.4 Å². The summed E-state index contributed by atoms with van der Waals surface area (Å²) in [5.74, 6) is 1.53. The number of benzene rings is 2. The number of carboxylic acids is 1. The van der Waals surface area contributed by atoms with E-state index >= 15 is 0 Å². The Balaban J connectivity index is 1.89. The lowest BCUT2D eigenvalue weighted by Crippen LogP contribution is -2.33. The Kier molecular flexibility index (Phi) is 7.55. The molecule has 8 nitrogen and oxygen atoms in total. The molecule has 0 aromatic heterocycles. The smallest absolute Gasteiger partial charge is 0.337 e. The van der Waals surface area contributed by atoms with Crippen molar-refractivity contribution < 1.29 is 27.8 Å². The number of hydrogen-bond acceptors (Lipinski definition) is 7. The van der Waals surface area contributed by atoms with E-state index in [0.717, 1.165) is 24.6 Å². The average Bonchev–Trinajstić information content (AvgIpc) is 2.75. The van der Waals surface area contributed by atoms with E-state index in [2.05, 4.69) is 4.72 Å². The van der Waals surface area contributed by atoms with Crippen LogP contribution in [0.2, 0.25) is 0 Å². The van der Waals surface area contributed by atoms with Gasteiger partial charge in [-0.1, -0.05) is 0 Å². The number of rotatable bonds is 9. The van der Waals surface area contributed by atoms with Crippen LogP contribution in [0.3, 0.4) is 0 Å². The average molecular weight is 467 g/mol. The number of nitrogens with one attached hydrogen (secondary N) is 1. The molecule has 31 heavy (non-hydrogen) atoms. The number of nitrogens with zero attached hydrogens (tertiary/aromatic N) is 1. The molecular weight excluding hydrogens is 440 g/mol. The molecule has 1 aliphatic rings. The van der Waals surface area contributed by atoms with Gasteiger partial charge in [-0.05, 0) is 44.2 Å². The molecule has 0 saturated carbocycles. The summed E-state index contributed by atoms with van der Waals surface area (Å²) in [5.41, 5.74) is 0.837. The van der Waals surface area contributed by atoms with E-state index < -0.39 is 16.0 Å². The molecule has 1 saturated heterocycles. The quantitative estimate of drug-likeness (QED) is 0.578. The zero-order chi connectivity index (χ0) is 22.4. The summed E-state index contributed by atoms with van der Waals surface area (Å²) in [6.07, 6.45) is 0. The van der Waals surface area contributed by atoms with Crippen molar-refractivity contribution in [1.29, 1.82) is 0 Å². The van der Waals surface area contributed by atoms with Crippen LogP contribution in [-0.2, 0) is 10.0 Å². The van der Waals surface area contributed by atoms with Crippen molar-refractivity contribution in [3.05, 3.63) is 42.0 Å². The summed E-state index contributed by atoms with van der Waals surface area (Å²) in [6.45, 7) is 5.91. The van der Waals surface area contributed by atoms with E-state index in [9.17, 15) is 18.3 Å². The molecule has 0 amide bonds. The minimum absolute atomic E-state index is 0.00610. The first-order chi connectivity index (χ1) is 14.9. The minimum atomic E-state index is -3.96. The van der Waals surface area contributed by atoms with Crippen LogP contribution in [-0.4, -0.2) is 57.3 Å². The van der Waals surface area contributed by atoms with Gasteiger partial charge in [-0.25, -0.2) is 13.2 Å². The second kappa shape index (κ2) is 10.1. The molecule has 0 aliphatic carbocycles. The molecule has 10 heteroatoms. The highest BCUT2D eigenvalue weighted by molar-refractivity contribution is 7.99. The van der Waals surface area contributed by atoms with Crippen LogP contribution in [0.25, 0.3) is 0 Å². The number of thioether (sulfide) groups is 1. The Labute approximate surface area is 186 Å². The number of anilines is 2. The minimum Gasteiger partial charge on any atom is -0.490 e. The van der Waals surface area contributed by atoms with Gasteiger partial charge in [-0.15, -0.1) is 0 Å². The molecule has 1 heterocycles. The van der Waals surface area contributed by atoms with Crippen molar-refractivity contribution >= 4 is 39.1 Å². The monoisotopic (exact) mass is 466 g/mol. The summed E-state index contributed by atoms with van der Waals surface area (Å²) in [4.78, 5) is 13.8. The largest absolute Gasteiger partial charge is 0.490 e. The Hall–Kier alpha value is -2.59. The summed E-state index contributed by atoms with van der Waals surface area (Å²) < 4.78 is 39.3. The van der Waals surface area contributed by atoms with Crippen LogP contribution in [0.15, 0.2) is 41.3 Å². The van der Waals surface area contributed by atoms with Crippen molar-refractivity contribution in [3.8, 4) is 11.5 Å². The van der Waals surface area contributed by atoms with Gasteiger partial charge in [0.15, 0.2) is 11.5 Å². The Morgan fingerprint density at radius 1 is 1.06 bits per heavy atom. The van der Waals surface area contributed by atoms with Crippen LogP contribution >= 0.6 is 11.8 Å².